The molecule has 7 aromatic carbocycles. The molecule has 0 saturated carbocycles. The Morgan fingerprint density at radius 3 is 2.07 bits per heavy atom. The van der Waals surface area contributed by atoms with Gasteiger partial charge in [-0.15, -0.1) is 0 Å². The first-order valence-electron chi connectivity index (χ1n) is 21.7. The van der Waals surface area contributed by atoms with Crippen molar-refractivity contribution in [3.05, 3.63) is 198 Å². The predicted octanol–water partition coefficient (Wildman–Crippen LogP) is 15.5. The van der Waals surface area contributed by atoms with Gasteiger partial charge in [0.15, 0.2) is 0 Å². The van der Waals surface area contributed by atoms with Crippen LogP contribution in [0.5, 0.6) is 0 Å². The number of anilines is 2. The van der Waals surface area contributed by atoms with E-state index in [2.05, 4.69) is 224 Å². The zero-order valence-electron chi connectivity index (χ0n) is 34.8. The van der Waals surface area contributed by atoms with Gasteiger partial charge in [0.05, 0.1) is 16.6 Å². The summed E-state index contributed by atoms with van der Waals surface area (Å²) in [7, 11) is 0. The predicted molar refractivity (Wildman–Crippen MR) is 256 cm³/mol. The second-order valence-corrected chi connectivity index (χ2v) is 17.3. The van der Waals surface area contributed by atoms with Crippen molar-refractivity contribution in [3.8, 4) is 16.8 Å². The number of allylic oxidation sites excluding steroid dienone is 4. The van der Waals surface area contributed by atoms with Crippen molar-refractivity contribution in [2.75, 3.05) is 4.90 Å². The summed E-state index contributed by atoms with van der Waals surface area (Å²) >= 11 is 0. The van der Waals surface area contributed by atoms with Crippen LogP contribution in [0.3, 0.4) is 0 Å². The molecule has 0 saturated heterocycles. The molecule has 0 N–H and O–H groups in total. The van der Waals surface area contributed by atoms with Crippen molar-refractivity contribution in [3.63, 3.8) is 0 Å². The highest BCUT2D eigenvalue weighted by molar-refractivity contribution is 6.14. The maximum Gasteiger partial charge on any atom is 0.0541 e. The zero-order chi connectivity index (χ0) is 40.5. The van der Waals surface area contributed by atoms with Gasteiger partial charge in [-0.25, -0.2) is 0 Å². The number of aromatic nitrogens is 2. The normalized spacial score (nSPS) is 16.5. The monoisotopic (exact) mass is 775 g/mol. The maximum atomic E-state index is 2.58. The molecule has 2 aliphatic carbocycles. The first kappa shape index (κ1) is 36.3. The summed E-state index contributed by atoms with van der Waals surface area (Å²) in [6, 6.07) is 58.4. The second kappa shape index (κ2) is 14.5. The fourth-order valence-corrected chi connectivity index (χ4v) is 10.3. The molecule has 11 rings (SSSR count). The molecule has 0 fully saturated rings. The molecule has 3 heteroatoms. The van der Waals surface area contributed by atoms with Crippen molar-refractivity contribution in [1.29, 1.82) is 0 Å². The van der Waals surface area contributed by atoms with Gasteiger partial charge in [-0.1, -0.05) is 143 Å². The largest absolute Gasteiger partial charge is 0.313 e. The number of para-hydroxylation sites is 2. The lowest BCUT2D eigenvalue weighted by Crippen LogP contribution is -2.18. The fourth-order valence-electron chi connectivity index (χ4n) is 10.3. The molecule has 9 aromatic rings. The van der Waals surface area contributed by atoms with Gasteiger partial charge in [0, 0.05) is 61.8 Å². The van der Waals surface area contributed by atoms with Crippen molar-refractivity contribution >= 4 is 66.6 Å². The van der Waals surface area contributed by atoms with E-state index in [9.17, 15) is 0 Å². The average Bonchev–Trinajstić information content (AvgIpc) is 3.78. The summed E-state index contributed by atoms with van der Waals surface area (Å²) in [6.45, 7) is 9.40. The Bertz CT molecular complexity index is 3200. The highest BCUT2D eigenvalue weighted by Gasteiger charge is 2.29. The van der Waals surface area contributed by atoms with E-state index in [0.29, 0.717) is 11.8 Å². The maximum absolute atomic E-state index is 2.58. The molecule has 60 heavy (non-hydrogen) atoms. The van der Waals surface area contributed by atoms with Gasteiger partial charge in [0.2, 0.25) is 0 Å². The number of rotatable bonds is 7. The van der Waals surface area contributed by atoms with Gasteiger partial charge in [0.25, 0.3) is 0 Å². The smallest absolute Gasteiger partial charge is 0.0541 e. The van der Waals surface area contributed by atoms with E-state index >= 15 is 0 Å². The number of hydrogen-bond donors (Lipinski definition) is 0. The van der Waals surface area contributed by atoms with Crippen LogP contribution in [0.2, 0.25) is 0 Å². The Hall–Kier alpha value is -6.84. The first-order chi connectivity index (χ1) is 29.4. The minimum atomic E-state index is 0.283. The molecule has 0 spiro atoms. The molecule has 0 radical (unpaired) electrons. The van der Waals surface area contributed by atoms with Crippen LogP contribution in [0.15, 0.2) is 182 Å². The lowest BCUT2D eigenvalue weighted by Gasteiger charge is -2.29. The lowest BCUT2D eigenvalue weighted by molar-refractivity contribution is 0.683. The van der Waals surface area contributed by atoms with Crippen molar-refractivity contribution in [2.45, 2.75) is 46.5 Å². The molecule has 292 valence electrons. The minimum absolute atomic E-state index is 0.283. The van der Waals surface area contributed by atoms with Crippen LogP contribution in [0.1, 0.15) is 56.9 Å². The summed E-state index contributed by atoms with van der Waals surface area (Å²) < 4.78 is 5.10. The van der Waals surface area contributed by atoms with E-state index in [4.69, 9.17) is 0 Å². The average molecular weight is 776 g/mol. The Morgan fingerprint density at radius 2 is 1.30 bits per heavy atom. The topological polar surface area (TPSA) is 13.1 Å². The number of fused-ring (bicyclic) bond motifs is 7. The Balaban J connectivity index is 1.05. The highest BCUT2D eigenvalue weighted by Crippen LogP contribution is 2.46. The van der Waals surface area contributed by atoms with E-state index in [1.54, 1.807) is 0 Å². The van der Waals surface area contributed by atoms with Crippen LogP contribution in [0.4, 0.5) is 11.4 Å². The third kappa shape index (κ3) is 5.86. The van der Waals surface area contributed by atoms with Crippen LogP contribution >= 0.6 is 0 Å². The van der Waals surface area contributed by atoms with E-state index in [0.717, 1.165) is 18.5 Å². The van der Waals surface area contributed by atoms with E-state index in [1.807, 2.05) is 0 Å². The van der Waals surface area contributed by atoms with Crippen LogP contribution in [-0.2, 0) is 6.42 Å². The SMILES string of the molecule is CC1C=C(N(c2ccc(-n3c4c(c5ccccc53)C=C(n3c5ccccc5c5c(C(C)C)c(-c6ccccc6)ccc53)C(C)C4)cc2)c2ccc3ccccc3c2)C=CC1. The number of hydrogen-bond acceptors (Lipinski definition) is 1. The fraction of sp³-hybridized carbons (Fsp3) is 0.158. The van der Waals surface area contributed by atoms with Gasteiger partial charge >= 0.3 is 0 Å². The Morgan fingerprint density at radius 1 is 0.617 bits per heavy atom. The van der Waals surface area contributed by atoms with Gasteiger partial charge in [-0.3, -0.25) is 0 Å². The quantitative estimate of drug-likeness (QED) is 0.157. The van der Waals surface area contributed by atoms with Gasteiger partial charge < -0.3 is 14.0 Å². The van der Waals surface area contributed by atoms with E-state index in [-0.39, 0.29) is 5.92 Å². The molecule has 3 nitrogen and oxygen atoms in total. The van der Waals surface area contributed by atoms with Crippen LogP contribution in [0.25, 0.3) is 72.1 Å². The van der Waals surface area contributed by atoms with Gasteiger partial charge in [0.1, 0.15) is 0 Å². The molecule has 2 unspecified atom stereocenters. The molecular formula is C57H49N3. The Labute approximate surface area is 352 Å². The summed E-state index contributed by atoms with van der Waals surface area (Å²) in [6.07, 6.45) is 11.5. The minimum Gasteiger partial charge on any atom is -0.313 e. The summed E-state index contributed by atoms with van der Waals surface area (Å²) in [5.74, 6) is 1.12. The van der Waals surface area contributed by atoms with Crippen LogP contribution in [-0.4, -0.2) is 9.13 Å². The van der Waals surface area contributed by atoms with Crippen molar-refractivity contribution in [1.82, 2.24) is 9.13 Å². The van der Waals surface area contributed by atoms with Crippen LogP contribution in [0, 0.1) is 11.8 Å². The Kier molecular flexibility index (Phi) is 8.74. The van der Waals surface area contributed by atoms with Gasteiger partial charge in [-0.2, -0.15) is 0 Å². The number of benzene rings is 7. The summed E-state index contributed by atoms with van der Waals surface area (Å²) in [5.41, 5.74) is 16.6. The third-order valence-electron chi connectivity index (χ3n) is 13.0. The standard InChI is InChI=1S/C57H49N3/c1-37(2)56-47(41-17-6-5-7-18-41)31-32-53-57(56)49-22-11-13-24-52(49)60(53)54-36-50-48-21-10-12-23-51(48)59(55(50)34-39(54)4)44-29-27-43(28-30-44)58(45-20-14-15-38(3)33-45)46-26-25-40-16-8-9-19-42(40)35-46/h5-14,16-33,35-39H,15,34H2,1-4H3. The molecule has 2 aromatic heterocycles. The summed E-state index contributed by atoms with van der Waals surface area (Å²) in [5, 5.41) is 6.48. The molecule has 0 amide bonds. The van der Waals surface area contributed by atoms with Crippen molar-refractivity contribution in [2.24, 2.45) is 11.8 Å². The highest BCUT2D eigenvalue weighted by atomic mass is 15.1. The zero-order valence-corrected chi connectivity index (χ0v) is 34.8. The molecule has 0 aliphatic heterocycles. The van der Waals surface area contributed by atoms with Crippen molar-refractivity contribution < 1.29 is 0 Å². The molecular weight excluding hydrogens is 727 g/mol. The second-order valence-electron chi connectivity index (χ2n) is 17.3. The first-order valence-corrected chi connectivity index (χ1v) is 21.7. The summed E-state index contributed by atoms with van der Waals surface area (Å²) in [4.78, 5) is 2.42. The van der Waals surface area contributed by atoms with Crippen LogP contribution < -0.4 is 4.90 Å². The molecule has 0 bridgehead atoms. The molecule has 2 atom stereocenters. The molecule has 2 heterocycles. The molecule has 2 aliphatic rings. The van der Waals surface area contributed by atoms with Gasteiger partial charge in [-0.05, 0) is 119 Å². The third-order valence-corrected chi connectivity index (χ3v) is 13.0. The number of nitrogens with zero attached hydrogens (tertiary/aromatic N) is 3. The van der Waals surface area contributed by atoms with E-state index < -0.39 is 0 Å². The van der Waals surface area contributed by atoms with E-state index in [1.165, 1.54) is 94.2 Å². The lowest BCUT2D eigenvalue weighted by atomic mass is 9.88.